The van der Waals surface area contributed by atoms with Crippen LogP contribution in [0.25, 0.3) is 0 Å². The summed E-state index contributed by atoms with van der Waals surface area (Å²) in [5.41, 5.74) is 9.93. The molecule has 2 amide bonds. The van der Waals surface area contributed by atoms with Crippen LogP contribution in [0.15, 0.2) is 12.1 Å². The first-order chi connectivity index (χ1) is 8.15. The maximum absolute atomic E-state index is 12.0. The standard InChI is InChI=1S/C11H13Cl2N3O2/c1-11(2,10(15)18)16-9(17)6-3-5(14)4-7(12)8(6)13/h3-4H,14H2,1-2H3,(H2,15,18)(H,16,17). The second kappa shape index (κ2) is 5.04. The molecule has 0 radical (unpaired) electrons. The van der Waals surface area contributed by atoms with Gasteiger partial charge in [0, 0.05) is 5.69 Å². The first kappa shape index (κ1) is 14.6. The Morgan fingerprint density at radius 1 is 1.28 bits per heavy atom. The number of carbonyl (C=O) groups is 2. The summed E-state index contributed by atoms with van der Waals surface area (Å²) in [7, 11) is 0. The van der Waals surface area contributed by atoms with Gasteiger partial charge < -0.3 is 16.8 Å². The molecule has 5 nitrogen and oxygen atoms in total. The molecule has 5 N–H and O–H groups in total. The Kier molecular flexibility index (Phi) is 4.09. The van der Waals surface area contributed by atoms with Gasteiger partial charge in [0.25, 0.3) is 5.91 Å². The number of hydrogen-bond acceptors (Lipinski definition) is 3. The van der Waals surface area contributed by atoms with Gasteiger partial charge in [-0.05, 0) is 26.0 Å². The van der Waals surface area contributed by atoms with Crippen LogP contribution in [-0.2, 0) is 4.79 Å². The first-order valence-corrected chi connectivity index (χ1v) is 5.77. The van der Waals surface area contributed by atoms with E-state index in [1.807, 2.05) is 0 Å². The highest BCUT2D eigenvalue weighted by molar-refractivity contribution is 6.44. The summed E-state index contributed by atoms with van der Waals surface area (Å²) in [5, 5.41) is 2.69. The van der Waals surface area contributed by atoms with Gasteiger partial charge in [-0.2, -0.15) is 0 Å². The molecule has 0 saturated heterocycles. The summed E-state index contributed by atoms with van der Waals surface area (Å²) in [6.45, 7) is 2.96. The van der Waals surface area contributed by atoms with E-state index >= 15 is 0 Å². The van der Waals surface area contributed by atoms with E-state index in [9.17, 15) is 9.59 Å². The normalized spacial score (nSPS) is 11.1. The maximum atomic E-state index is 12.0. The third-order valence-corrected chi connectivity index (χ3v) is 3.14. The molecule has 0 fully saturated rings. The largest absolute Gasteiger partial charge is 0.399 e. The Hall–Kier alpha value is -1.46. The lowest BCUT2D eigenvalue weighted by Gasteiger charge is -2.22. The van der Waals surface area contributed by atoms with Crippen LogP contribution in [0.2, 0.25) is 10.0 Å². The lowest BCUT2D eigenvalue weighted by Crippen LogP contribution is -2.53. The molecule has 0 aliphatic heterocycles. The van der Waals surface area contributed by atoms with Crippen molar-refractivity contribution >= 4 is 40.7 Å². The van der Waals surface area contributed by atoms with Gasteiger partial charge in [-0.15, -0.1) is 0 Å². The molecule has 1 rings (SSSR count). The van der Waals surface area contributed by atoms with Crippen molar-refractivity contribution in [3.63, 3.8) is 0 Å². The van der Waals surface area contributed by atoms with Gasteiger partial charge in [0.05, 0.1) is 15.6 Å². The number of carbonyl (C=O) groups excluding carboxylic acids is 2. The average Bonchev–Trinajstić information content (AvgIpc) is 2.22. The van der Waals surface area contributed by atoms with Crippen molar-refractivity contribution < 1.29 is 9.59 Å². The zero-order chi connectivity index (χ0) is 14.1. The molecule has 98 valence electrons. The molecule has 0 heterocycles. The molecule has 0 aliphatic rings. The predicted octanol–water partition coefficient (Wildman–Crippen LogP) is 1.57. The van der Waals surface area contributed by atoms with Gasteiger partial charge >= 0.3 is 0 Å². The van der Waals surface area contributed by atoms with E-state index in [0.29, 0.717) is 5.69 Å². The maximum Gasteiger partial charge on any atom is 0.253 e. The van der Waals surface area contributed by atoms with Crippen molar-refractivity contribution in [2.75, 3.05) is 5.73 Å². The zero-order valence-electron chi connectivity index (χ0n) is 9.88. The molecule has 0 aliphatic carbocycles. The summed E-state index contributed by atoms with van der Waals surface area (Å²) >= 11 is 11.7. The number of primary amides is 1. The van der Waals surface area contributed by atoms with Crippen molar-refractivity contribution in [3.05, 3.63) is 27.7 Å². The van der Waals surface area contributed by atoms with Gasteiger partial charge in [0.15, 0.2) is 0 Å². The topological polar surface area (TPSA) is 98.2 Å². The summed E-state index contributed by atoms with van der Waals surface area (Å²) < 4.78 is 0. The summed E-state index contributed by atoms with van der Waals surface area (Å²) in [5.74, 6) is -1.24. The second-order valence-electron chi connectivity index (χ2n) is 4.31. The smallest absolute Gasteiger partial charge is 0.253 e. The Morgan fingerprint density at radius 3 is 2.33 bits per heavy atom. The molecule has 0 spiro atoms. The fraction of sp³-hybridized carbons (Fsp3) is 0.273. The zero-order valence-corrected chi connectivity index (χ0v) is 11.4. The minimum Gasteiger partial charge on any atom is -0.399 e. The van der Waals surface area contributed by atoms with E-state index < -0.39 is 17.4 Å². The van der Waals surface area contributed by atoms with Gasteiger partial charge in [0.2, 0.25) is 5.91 Å². The van der Waals surface area contributed by atoms with Crippen molar-refractivity contribution in [3.8, 4) is 0 Å². The number of hydrogen-bond donors (Lipinski definition) is 3. The molecule has 0 atom stereocenters. The van der Waals surface area contributed by atoms with Crippen LogP contribution in [-0.4, -0.2) is 17.4 Å². The fourth-order valence-electron chi connectivity index (χ4n) is 1.19. The number of rotatable bonds is 3. The third-order valence-electron chi connectivity index (χ3n) is 2.34. The molecule has 0 saturated carbocycles. The lowest BCUT2D eigenvalue weighted by molar-refractivity contribution is -0.122. The predicted molar refractivity (Wildman–Crippen MR) is 71.6 cm³/mol. The minimum atomic E-state index is -1.20. The molecule has 18 heavy (non-hydrogen) atoms. The molecule has 1 aromatic carbocycles. The minimum absolute atomic E-state index is 0.0728. The highest BCUT2D eigenvalue weighted by atomic mass is 35.5. The molecular formula is C11H13Cl2N3O2. The van der Waals surface area contributed by atoms with Gasteiger partial charge in [-0.1, -0.05) is 23.2 Å². The van der Waals surface area contributed by atoms with E-state index in [4.69, 9.17) is 34.7 Å². The lowest BCUT2D eigenvalue weighted by atomic mass is 10.0. The molecule has 0 bridgehead atoms. The van der Waals surface area contributed by atoms with Gasteiger partial charge in [-0.25, -0.2) is 0 Å². The van der Waals surface area contributed by atoms with Crippen molar-refractivity contribution in [2.24, 2.45) is 5.73 Å². The van der Waals surface area contributed by atoms with Gasteiger partial charge in [0.1, 0.15) is 5.54 Å². The van der Waals surface area contributed by atoms with E-state index in [1.165, 1.54) is 26.0 Å². The Bertz CT molecular complexity index is 515. The number of amides is 2. The molecule has 7 heteroatoms. The van der Waals surface area contributed by atoms with Crippen LogP contribution in [0.5, 0.6) is 0 Å². The summed E-state index contributed by atoms with van der Waals surface area (Å²) in [6, 6.07) is 2.81. The fourth-order valence-corrected chi connectivity index (χ4v) is 1.61. The van der Waals surface area contributed by atoms with Crippen molar-refractivity contribution in [1.82, 2.24) is 5.32 Å². The van der Waals surface area contributed by atoms with Gasteiger partial charge in [-0.3, -0.25) is 9.59 Å². The number of halogens is 2. The van der Waals surface area contributed by atoms with Crippen LogP contribution in [0.4, 0.5) is 5.69 Å². The number of nitrogens with one attached hydrogen (secondary N) is 1. The Balaban J connectivity index is 3.09. The third kappa shape index (κ3) is 3.05. The van der Waals surface area contributed by atoms with Crippen LogP contribution < -0.4 is 16.8 Å². The quantitative estimate of drug-likeness (QED) is 0.737. The molecule has 0 aromatic heterocycles. The number of nitrogens with two attached hydrogens (primary N) is 2. The van der Waals surface area contributed by atoms with Crippen LogP contribution >= 0.6 is 23.2 Å². The van der Waals surface area contributed by atoms with Crippen LogP contribution in [0, 0.1) is 0 Å². The number of anilines is 1. The Labute approximate surface area is 114 Å². The monoisotopic (exact) mass is 289 g/mol. The van der Waals surface area contributed by atoms with E-state index in [1.54, 1.807) is 0 Å². The molecule has 0 unspecified atom stereocenters. The van der Waals surface area contributed by atoms with E-state index in [0.717, 1.165) is 0 Å². The van der Waals surface area contributed by atoms with E-state index in [2.05, 4.69) is 5.32 Å². The summed E-state index contributed by atoms with van der Waals surface area (Å²) in [6.07, 6.45) is 0. The molecular weight excluding hydrogens is 277 g/mol. The van der Waals surface area contributed by atoms with Crippen molar-refractivity contribution in [1.29, 1.82) is 0 Å². The number of benzene rings is 1. The SMILES string of the molecule is CC(C)(NC(=O)c1cc(N)cc(Cl)c1Cl)C(N)=O. The highest BCUT2D eigenvalue weighted by Crippen LogP contribution is 2.28. The Morgan fingerprint density at radius 2 is 1.83 bits per heavy atom. The van der Waals surface area contributed by atoms with Crippen LogP contribution in [0.3, 0.4) is 0 Å². The van der Waals surface area contributed by atoms with Crippen LogP contribution in [0.1, 0.15) is 24.2 Å². The average molecular weight is 290 g/mol. The highest BCUT2D eigenvalue weighted by Gasteiger charge is 2.28. The van der Waals surface area contributed by atoms with Crippen molar-refractivity contribution in [2.45, 2.75) is 19.4 Å². The van der Waals surface area contributed by atoms with E-state index in [-0.39, 0.29) is 15.6 Å². The first-order valence-electron chi connectivity index (χ1n) is 5.02. The molecule has 1 aromatic rings. The number of nitrogen functional groups attached to an aromatic ring is 1. The summed E-state index contributed by atoms with van der Waals surface area (Å²) in [4.78, 5) is 23.1. The second-order valence-corrected chi connectivity index (χ2v) is 5.09.